The van der Waals surface area contributed by atoms with Gasteiger partial charge in [0.25, 0.3) is 0 Å². The van der Waals surface area contributed by atoms with Crippen molar-refractivity contribution in [2.75, 3.05) is 13.6 Å². The summed E-state index contributed by atoms with van der Waals surface area (Å²) in [4.78, 5) is 14.9. The zero-order valence-corrected chi connectivity index (χ0v) is 13.1. The second-order valence-electron chi connectivity index (χ2n) is 4.91. The number of nitrogens with zero attached hydrogens (tertiary/aromatic N) is 3. The first-order valence-electron chi connectivity index (χ1n) is 6.58. The minimum atomic E-state index is -3.66. The van der Waals surface area contributed by atoms with Crippen LogP contribution in [0.15, 0.2) is 41.8 Å². The molecule has 1 heterocycles. The van der Waals surface area contributed by atoms with E-state index in [1.165, 1.54) is 29.6 Å². The first-order chi connectivity index (χ1) is 10.3. The van der Waals surface area contributed by atoms with E-state index in [9.17, 15) is 13.2 Å². The van der Waals surface area contributed by atoms with Crippen molar-refractivity contribution in [1.82, 2.24) is 13.9 Å². The van der Waals surface area contributed by atoms with Gasteiger partial charge in [0.05, 0.1) is 16.8 Å². The van der Waals surface area contributed by atoms with Crippen molar-refractivity contribution in [1.29, 1.82) is 0 Å². The summed E-state index contributed by atoms with van der Waals surface area (Å²) in [6.45, 7) is 2.36. The molecule has 0 fully saturated rings. The number of aryl methyl sites for hydroxylation is 1. The first-order valence-corrected chi connectivity index (χ1v) is 8.02. The predicted molar refractivity (Wildman–Crippen MR) is 80.2 cm³/mol. The number of imidazole rings is 1. The Labute approximate surface area is 128 Å². The Balaban J connectivity index is 2.20. The number of carbonyl (C=O) groups is 1. The zero-order chi connectivity index (χ0) is 16.3. The molecule has 8 heteroatoms. The fraction of sp³-hybridized carbons (Fsp3) is 0.286. The van der Waals surface area contributed by atoms with Crippen molar-refractivity contribution in [3.05, 3.63) is 48.0 Å². The summed E-state index contributed by atoms with van der Waals surface area (Å²) in [5, 5.41) is 8.93. The van der Waals surface area contributed by atoms with Crippen molar-refractivity contribution in [3.63, 3.8) is 0 Å². The third kappa shape index (κ3) is 3.34. The van der Waals surface area contributed by atoms with Gasteiger partial charge in [0, 0.05) is 32.5 Å². The number of hydrogen-bond donors (Lipinski definition) is 1. The van der Waals surface area contributed by atoms with E-state index in [-0.39, 0.29) is 10.5 Å². The van der Waals surface area contributed by atoms with Crippen molar-refractivity contribution in [3.8, 4) is 0 Å². The maximum absolute atomic E-state index is 12.5. The number of likely N-dealkylation sites (N-methyl/N-ethyl adjacent to an activating group) is 1. The number of benzene rings is 1. The Hall–Kier alpha value is -2.19. The minimum absolute atomic E-state index is 0.0671. The third-order valence-electron chi connectivity index (χ3n) is 3.34. The van der Waals surface area contributed by atoms with Crippen LogP contribution in [0.3, 0.4) is 0 Å². The summed E-state index contributed by atoms with van der Waals surface area (Å²) in [5.74, 6) is -1.08. The molecule has 118 valence electrons. The molecule has 1 aromatic carbocycles. The molecule has 1 aromatic heterocycles. The molecule has 22 heavy (non-hydrogen) atoms. The second-order valence-corrected chi connectivity index (χ2v) is 6.93. The topological polar surface area (TPSA) is 92.5 Å². The number of sulfonamides is 1. The van der Waals surface area contributed by atoms with Gasteiger partial charge in [-0.15, -0.1) is 0 Å². The molecule has 0 spiro atoms. The third-order valence-corrected chi connectivity index (χ3v) is 5.36. The Morgan fingerprint density at radius 2 is 2.14 bits per heavy atom. The van der Waals surface area contributed by atoms with Crippen molar-refractivity contribution < 1.29 is 18.3 Å². The molecule has 0 aliphatic heterocycles. The van der Waals surface area contributed by atoms with E-state index in [0.29, 0.717) is 18.7 Å². The van der Waals surface area contributed by atoms with Crippen LogP contribution in [0.1, 0.15) is 15.9 Å². The van der Waals surface area contributed by atoms with Crippen LogP contribution in [0, 0.1) is 6.92 Å². The maximum atomic E-state index is 12.5. The summed E-state index contributed by atoms with van der Waals surface area (Å²) >= 11 is 0. The molecule has 0 amide bonds. The fourth-order valence-corrected chi connectivity index (χ4v) is 3.40. The van der Waals surface area contributed by atoms with Crippen molar-refractivity contribution in [2.45, 2.75) is 18.4 Å². The van der Waals surface area contributed by atoms with Crippen LogP contribution in [-0.2, 0) is 16.6 Å². The molecule has 0 unspecified atom stereocenters. The standard InChI is InChI=1S/C14H17N3O4S/c1-11-9-12(14(18)19)3-4-13(11)22(20,21)16(2)7-8-17-6-5-15-10-17/h3-6,9-10H,7-8H2,1-2H3,(H,18,19). The average molecular weight is 323 g/mol. The van der Waals surface area contributed by atoms with E-state index in [4.69, 9.17) is 5.11 Å². The minimum Gasteiger partial charge on any atom is -0.478 e. The molecule has 0 aliphatic rings. The normalized spacial score (nSPS) is 11.8. The van der Waals surface area contributed by atoms with E-state index in [1.807, 2.05) is 0 Å². The monoisotopic (exact) mass is 323 g/mol. The molecule has 0 atom stereocenters. The fourth-order valence-electron chi connectivity index (χ4n) is 2.04. The Bertz CT molecular complexity index is 769. The lowest BCUT2D eigenvalue weighted by Gasteiger charge is -2.19. The molecule has 0 saturated carbocycles. The van der Waals surface area contributed by atoms with Gasteiger partial charge in [-0.05, 0) is 30.7 Å². The highest BCUT2D eigenvalue weighted by atomic mass is 32.2. The van der Waals surface area contributed by atoms with Gasteiger partial charge < -0.3 is 9.67 Å². The Morgan fingerprint density at radius 1 is 1.41 bits per heavy atom. The van der Waals surface area contributed by atoms with Gasteiger partial charge in [-0.3, -0.25) is 0 Å². The molecule has 0 bridgehead atoms. The van der Waals surface area contributed by atoms with E-state index >= 15 is 0 Å². The molecule has 0 saturated heterocycles. The Morgan fingerprint density at radius 3 is 2.68 bits per heavy atom. The van der Waals surface area contributed by atoms with E-state index in [2.05, 4.69) is 4.98 Å². The SMILES string of the molecule is Cc1cc(C(=O)O)ccc1S(=O)(=O)N(C)CCn1ccnc1. The first kappa shape index (κ1) is 16.2. The second kappa shape index (κ2) is 6.29. The van der Waals surface area contributed by atoms with Crippen LogP contribution in [0.5, 0.6) is 0 Å². The number of carboxylic acid groups (broad SMARTS) is 1. The van der Waals surface area contributed by atoms with Gasteiger partial charge >= 0.3 is 5.97 Å². The quantitative estimate of drug-likeness (QED) is 0.862. The zero-order valence-electron chi connectivity index (χ0n) is 12.3. The highest BCUT2D eigenvalue weighted by Crippen LogP contribution is 2.20. The van der Waals surface area contributed by atoms with Gasteiger partial charge in [0.2, 0.25) is 10.0 Å². The summed E-state index contributed by atoms with van der Waals surface area (Å²) in [6.07, 6.45) is 5.00. The smallest absolute Gasteiger partial charge is 0.335 e. The highest BCUT2D eigenvalue weighted by molar-refractivity contribution is 7.89. The van der Waals surface area contributed by atoms with Crippen LogP contribution in [0.2, 0.25) is 0 Å². The van der Waals surface area contributed by atoms with Crippen LogP contribution in [0.25, 0.3) is 0 Å². The summed E-state index contributed by atoms with van der Waals surface area (Å²) < 4.78 is 28.1. The largest absolute Gasteiger partial charge is 0.478 e. The van der Waals surface area contributed by atoms with Crippen LogP contribution in [-0.4, -0.2) is 46.9 Å². The van der Waals surface area contributed by atoms with Gasteiger partial charge in [-0.25, -0.2) is 18.2 Å². The number of hydrogen-bond acceptors (Lipinski definition) is 4. The average Bonchev–Trinajstić information content (AvgIpc) is 2.97. The number of carboxylic acids is 1. The lowest BCUT2D eigenvalue weighted by molar-refractivity contribution is 0.0696. The van der Waals surface area contributed by atoms with Crippen molar-refractivity contribution in [2.24, 2.45) is 0 Å². The molecule has 0 radical (unpaired) electrons. The van der Waals surface area contributed by atoms with Crippen LogP contribution >= 0.6 is 0 Å². The van der Waals surface area contributed by atoms with Gasteiger partial charge in [-0.2, -0.15) is 4.31 Å². The molecule has 2 aromatic rings. The summed E-state index contributed by atoms with van der Waals surface area (Å²) in [6, 6.07) is 3.99. The van der Waals surface area contributed by atoms with Gasteiger partial charge in [0.1, 0.15) is 0 Å². The van der Waals surface area contributed by atoms with E-state index < -0.39 is 16.0 Å². The highest BCUT2D eigenvalue weighted by Gasteiger charge is 2.23. The molecule has 2 rings (SSSR count). The van der Waals surface area contributed by atoms with Gasteiger partial charge in [0.15, 0.2) is 0 Å². The molecular weight excluding hydrogens is 306 g/mol. The summed E-state index contributed by atoms with van der Waals surface area (Å²) in [7, 11) is -2.16. The Kier molecular flexibility index (Phi) is 4.62. The number of aromatic carboxylic acids is 1. The number of aromatic nitrogens is 2. The molecule has 0 aliphatic carbocycles. The number of rotatable bonds is 6. The maximum Gasteiger partial charge on any atom is 0.335 e. The lowest BCUT2D eigenvalue weighted by Crippen LogP contribution is -2.30. The van der Waals surface area contributed by atoms with Crippen molar-refractivity contribution >= 4 is 16.0 Å². The van der Waals surface area contributed by atoms with E-state index in [0.717, 1.165) is 0 Å². The molecular formula is C14H17N3O4S. The summed E-state index contributed by atoms with van der Waals surface area (Å²) in [5.41, 5.74) is 0.479. The predicted octanol–water partition coefficient (Wildman–Crippen LogP) is 1.21. The van der Waals surface area contributed by atoms with Crippen LogP contribution in [0.4, 0.5) is 0 Å². The lowest BCUT2D eigenvalue weighted by atomic mass is 10.1. The molecule has 7 nitrogen and oxygen atoms in total. The van der Waals surface area contributed by atoms with Crippen LogP contribution < -0.4 is 0 Å². The van der Waals surface area contributed by atoms with Gasteiger partial charge in [-0.1, -0.05) is 0 Å². The molecule has 1 N–H and O–H groups in total. The van der Waals surface area contributed by atoms with E-state index in [1.54, 1.807) is 30.2 Å².